The fourth-order valence-electron chi connectivity index (χ4n) is 5.23. The first-order valence-corrected chi connectivity index (χ1v) is 12.5. The van der Waals surface area contributed by atoms with Crippen LogP contribution in [0.25, 0.3) is 0 Å². The van der Waals surface area contributed by atoms with Crippen molar-refractivity contribution < 1.29 is 14.3 Å². The number of carbonyl (C=O) groups excluding carboxylic acids is 2. The normalized spacial score (nSPS) is 17.7. The maximum Gasteiger partial charge on any atom is 0.316 e. The number of ketones is 1. The number of Topliss-reactive ketones (excluding diaryl/α,β-unsaturated/α-hetero) is 1. The van der Waals surface area contributed by atoms with E-state index in [1.54, 1.807) is 4.90 Å². The first kappa shape index (κ1) is 24.2. The van der Waals surface area contributed by atoms with Gasteiger partial charge in [0.25, 0.3) is 5.91 Å². The summed E-state index contributed by atoms with van der Waals surface area (Å²) in [5.74, 6) is 0.778. The van der Waals surface area contributed by atoms with Crippen molar-refractivity contribution in [3.05, 3.63) is 57.8 Å². The second kappa shape index (κ2) is 10.1. The van der Waals surface area contributed by atoms with Crippen LogP contribution in [0.5, 0.6) is 5.75 Å². The summed E-state index contributed by atoms with van der Waals surface area (Å²) >= 11 is 0. The van der Waals surface area contributed by atoms with Gasteiger partial charge < -0.3 is 14.2 Å². The molecular formula is C27H35N3O4. The molecule has 1 aliphatic carbocycles. The van der Waals surface area contributed by atoms with E-state index in [1.807, 2.05) is 36.6 Å². The first-order valence-electron chi connectivity index (χ1n) is 12.5. The van der Waals surface area contributed by atoms with E-state index in [-0.39, 0.29) is 28.9 Å². The van der Waals surface area contributed by atoms with E-state index in [0.717, 1.165) is 18.4 Å². The minimum Gasteiger partial charge on any atom is -0.486 e. The Bertz CT molecular complexity index is 1100. The molecule has 0 radical (unpaired) electrons. The summed E-state index contributed by atoms with van der Waals surface area (Å²) in [5.41, 5.74) is 0.700. The lowest BCUT2D eigenvalue weighted by Gasteiger charge is -2.39. The number of aromatic nitrogens is 2. The molecule has 2 heterocycles. The van der Waals surface area contributed by atoms with Crippen LogP contribution >= 0.6 is 0 Å². The predicted molar refractivity (Wildman–Crippen MR) is 130 cm³/mol. The molecule has 2 aliphatic rings. The highest BCUT2D eigenvalue weighted by Gasteiger charge is 2.40. The molecule has 7 heteroatoms. The molecule has 7 nitrogen and oxygen atoms in total. The maximum absolute atomic E-state index is 13.5. The summed E-state index contributed by atoms with van der Waals surface area (Å²) < 4.78 is 7.76. The molecule has 1 aliphatic heterocycles. The van der Waals surface area contributed by atoms with E-state index in [2.05, 4.69) is 24.0 Å². The highest BCUT2D eigenvalue weighted by Crippen LogP contribution is 2.41. The minimum atomic E-state index is -0.480. The number of hydrogen-bond acceptors (Lipinski definition) is 5. The zero-order valence-corrected chi connectivity index (χ0v) is 20.5. The predicted octanol–water partition coefficient (Wildman–Crippen LogP) is 3.91. The van der Waals surface area contributed by atoms with E-state index in [9.17, 15) is 14.4 Å². The second-order valence-corrected chi connectivity index (χ2v) is 9.82. The number of amides is 1. The summed E-state index contributed by atoms with van der Waals surface area (Å²) in [6.45, 7) is 7.52. The van der Waals surface area contributed by atoms with Crippen LogP contribution in [0.4, 0.5) is 0 Å². The zero-order valence-electron chi connectivity index (χ0n) is 20.5. The molecule has 0 unspecified atom stereocenters. The Hall–Kier alpha value is -2.96. The minimum absolute atomic E-state index is 0.0245. The van der Waals surface area contributed by atoms with Gasteiger partial charge in [-0.3, -0.25) is 14.4 Å². The molecule has 1 saturated carbocycles. The third-order valence-electron chi connectivity index (χ3n) is 7.26. The number of ether oxygens (including phenoxy) is 1. The number of fused-ring (bicyclic) bond motifs is 1. The van der Waals surface area contributed by atoms with Gasteiger partial charge in [-0.05, 0) is 38.7 Å². The molecular weight excluding hydrogens is 430 g/mol. The molecule has 0 spiro atoms. The number of hydrogen-bond donors (Lipinski definition) is 0. The van der Waals surface area contributed by atoms with Gasteiger partial charge in [-0.2, -0.15) is 4.98 Å². The molecule has 0 bridgehead atoms. The van der Waals surface area contributed by atoms with E-state index >= 15 is 0 Å². The smallest absolute Gasteiger partial charge is 0.316 e. The molecule has 1 aromatic carbocycles. The number of unbranched alkanes of at least 4 members (excludes halogenated alkanes) is 1. The van der Waals surface area contributed by atoms with E-state index in [4.69, 9.17) is 4.74 Å². The molecule has 34 heavy (non-hydrogen) atoms. The van der Waals surface area contributed by atoms with Crippen molar-refractivity contribution in [3.63, 3.8) is 0 Å². The Kier molecular flexibility index (Phi) is 7.19. The fourth-order valence-corrected chi connectivity index (χ4v) is 5.23. The Morgan fingerprint density at radius 3 is 2.41 bits per heavy atom. The lowest BCUT2D eigenvalue weighted by atomic mass is 9.67. The van der Waals surface area contributed by atoms with Gasteiger partial charge in [0, 0.05) is 43.8 Å². The number of benzene rings is 1. The standard InChI is InChI=1S/C27H35N3O4/c1-4-5-17-34-24-23-26(33)29(19(2)3)15-16-30(23)22(28-25(24)32)18-27(13-11-21(31)12-14-27)20-9-7-6-8-10-20/h6-10,19H,4-5,11-18H2,1-3H3. The van der Waals surface area contributed by atoms with Crippen LogP contribution in [0.15, 0.2) is 35.1 Å². The van der Waals surface area contributed by atoms with Crippen LogP contribution in [0.3, 0.4) is 0 Å². The third kappa shape index (κ3) is 4.65. The average Bonchev–Trinajstić information content (AvgIpc) is 2.83. The largest absolute Gasteiger partial charge is 0.486 e. The Morgan fingerprint density at radius 2 is 1.76 bits per heavy atom. The van der Waals surface area contributed by atoms with Crippen LogP contribution in [0.2, 0.25) is 0 Å². The van der Waals surface area contributed by atoms with Crippen molar-refractivity contribution in [1.29, 1.82) is 0 Å². The summed E-state index contributed by atoms with van der Waals surface area (Å²) in [7, 11) is 0. The highest BCUT2D eigenvalue weighted by molar-refractivity contribution is 5.96. The van der Waals surface area contributed by atoms with Gasteiger partial charge in [-0.25, -0.2) is 0 Å². The number of rotatable bonds is 8. The van der Waals surface area contributed by atoms with Gasteiger partial charge in [0.2, 0.25) is 5.75 Å². The van der Waals surface area contributed by atoms with Gasteiger partial charge in [0.1, 0.15) is 11.6 Å². The highest BCUT2D eigenvalue weighted by atomic mass is 16.5. The summed E-state index contributed by atoms with van der Waals surface area (Å²) in [4.78, 5) is 45.1. The van der Waals surface area contributed by atoms with Gasteiger partial charge in [-0.1, -0.05) is 43.7 Å². The summed E-state index contributed by atoms with van der Waals surface area (Å²) in [6, 6.07) is 10.2. The Morgan fingerprint density at radius 1 is 1.06 bits per heavy atom. The Balaban J connectivity index is 1.80. The van der Waals surface area contributed by atoms with Crippen molar-refractivity contribution >= 4 is 11.7 Å². The van der Waals surface area contributed by atoms with E-state index in [0.29, 0.717) is 63.3 Å². The SMILES string of the molecule is CCCCOc1c2n(c(CC3(c4ccccc4)CCC(=O)CC3)nc1=O)CCN(C(C)C)C2=O. The van der Waals surface area contributed by atoms with E-state index < -0.39 is 5.56 Å². The summed E-state index contributed by atoms with van der Waals surface area (Å²) in [6.07, 6.45) is 4.70. The van der Waals surface area contributed by atoms with Crippen LogP contribution in [-0.4, -0.2) is 45.3 Å². The molecule has 2 aromatic rings. The third-order valence-corrected chi connectivity index (χ3v) is 7.26. The molecule has 0 saturated heterocycles. The molecule has 1 aromatic heterocycles. The van der Waals surface area contributed by atoms with Crippen molar-refractivity contribution in [2.24, 2.45) is 0 Å². The summed E-state index contributed by atoms with van der Waals surface area (Å²) in [5, 5.41) is 0. The maximum atomic E-state index is 13.5. The average molecular weight is 466 g/mol. The van der Waals surface area contributed by atoms with E-state index in [1.165, 1.54) is 0 Å². The lowest BCUT2D eigenvalue weighted by molar-refractivity contribution is -0.121. The monoisotopic (exact) mass is 465 g/mol. The quantitative estimate of drug-likeness (QED) is 0.552. The first-order chi connectivity index (χ1) is 16.4. The van der Waals surface area contributed by atoms with Gasteiger partial charge >= 0.3 is 5.56 Å². The molecule has 0 atom stereocenters. The molecule has 182 valence electrons. The van der Waals surface area contributed by atoms with Crippen molar-refractivity contribution in [3.8, 4) is 5.75 Å². The fraction of sp³-hybridized carbons (Fsp3) is 0.556. The lowest BCUT2D eigenvalue weighted by Crippen LogP contribution is -2.47. The van der Waals surface area contributed by atoms with Crippen LogP contribution < -0.4 is 10.3 Å². The number of nitrogens with zero attached hydrogens (tertiary/aromatic N) is 3. The molecule has 1 fully saturated rings. The molecule has 0 N–H and O–H groups in total. The van der Waals surface area contributed by atoms with Gasteiger partial charge in [0.05, 0.1) is 6.61 Å². The van der Waals surface area contributed by atoms with Crippen molar-refractivity contribution in [2.45, 2.75) is 83.7 Å². The Labute approximate surface area is 201 Å². The van der Waals surface area contributed by atoms with Gasteiger partial charge in [0.15, 0.2) is 5.69 Å². The van der Waals surface area contributed by atoms with Crippen LogP contribution in [-0.2, 0) is 23.2 Å². The second-order valence-electron chi connectivity index (χ2n) is 9.82. The number of carbonyl (C=O) groups is 2. The molecule has 4 rings (SSSR count). The topological polar surface area (TPSA) is 81.5 Å². The van der Waals surface area contributed by atoms with Crippen LogP contribution in [0.1, 0.15) is 81.2 Å². The van der Waals surface area contributed by atoms with Crippen LogP contribution in [0, 0.1) is 0 Å². The van der Waals surface area contributed by atoms with Crippen molar-refractivity contribution in [1.82, 2.24) is 14.5 Å². The molecule has 1 amide bonds. The van der Waals surface area contributed by atoms with Crippen molar-refractivity contribution in [2.75, 3.05) is 13.2 Å². The zero-order chi connectivity index (χ0) is 24.3. The van der Waals surface area contributed by atoms with Gasteiger partial charge in [-0.15, -0.1) is 0 Å².